The van der Waals surface area contributed by atoms with Gasteiger partial charge >= 0.3 is 17.9 Å². The minimum Gasteiger partial charge on any atom is -0.481 e. The molecule has 0 aliphatic rings. The van der Waals surface area contributed by atoms with E-state index in [-0.39, 0.29) is 25.0 Å². The number of Topliss-reactive ketones (excluding diaryl/α,β-unsaturated/α-hetero) is 1. The van der Waals surface area contributed by atoms with Crippen LogP contribution in [0.1, 0.15) is 26.2 Å². The first-order valence-electron chi connectivity index (χ1n) is 3.90. The van der Waals surface area contributed by atoms with E-state index in [9.17, 15) is 19.2 Å². The van der Waals surface area contributed by atoms with Crippen LogP contribution in [0.25, 0.3) is 0 Å². The first-order chi connectivity index (χ1) is 6.75. The van der Waals surface area contributed by atoms with Crippen LogP contribution in [0.5, 0.6) is 0 Å². The van der Waals surface area contributed by atoms with Crippen LogP contribution >= 0.6 is 0 Å². The van der Waals surface area contributed by atoms with Crippen LogP contribution in [-0.2, 0) is 19.2 Å². The number of aliphatic carboxylic acids is 3. The van der Waals surface area contributed by atoms with Gasteiger partial charge in [-0.3, -0.25) is 19.2 Å². The number of carboxylic acids is 3. The van der Waals surface area contributed by atoms with Crippen molar-refractivity contribution in [1.29, 1.82) is 0 Å². The lowest BCUT2D eigenvalue weighted by Crippen LogP contribution is -2.00. The third-order valence-corrected chi connectivity index (χ3v) is 0.953. The maximum atomic E-state index is 9.87. The Bertz CT molecular complexity index is 230. The van der Waals surface area contributed by atoms with E-state index in [1.807, 2.05) is 0 Å². The Kier molecular flexibility index (Phi) is 8.98. The average Bonchev–Trinajstić information content (AvgIpc) is 1.99. The number of hydrogen-bond donors (Lipinski definition) is 3. The number of ketones is 1. The third kappa shape index (κ3) is 24.5. The van der Waals surface area contributed by atoms with E-state index in [2.05, 4.69) is 0 Å². The van der Waals surface area contributed by atoms with E-state index in [0.717, 1.165) is 0 Å². The second kappa shape index (κ2) is 8.67. The molecule has 0 unspecified atom stereocenters. The summed E-state index contributed by atoms with van der Waals surface area (Å²) < 4.78 is 0. The van der Waals surface area contributed by atoms with E-state index in [4.69, 9.17) is 15.3 Å². The second-order valence-electron chi connectivity index (χ2n) is 2.56. The first-order valence-corrected chi connectivity index (χ1v) is 3.90. The maximum absolute atomic E-state index is 9.87. The minimum absolute atomic E-state index is 0.296. The topological polar surface area (TPSA) is 129 Å². The lowest BCUT2D eigenvalue weighted by Gasteiger charge is -1.85. The van der Waals surface area contributed by atoms with Gasteiger partial charge in [-0.1, -0.05) is 0 Å². The van der Waals surface area contributed by atoms with Crippen molar-refractivity contribution in [2.24, 2.45) is 0 Å². The molecule has 0 bridgehead atoms. The Balaban J connectivity index is 0. The zero-order valence-electron chi connectivity index (χ0n) is 8.10. The summed E-state index contributed by atoms with van der Waals surface area (Å²) in [6.07, 6.45) is -0.954. The molecule has 0 aromatic heterocycles. The average molecular weight is 220 g/mol. The molecule has 3 N–H and O–H groups in total. The van der Waals surface area contributed by atoms with E-state index in [1.165, 1.54) is 6.92 Å². The highest BCUT2D eigenvalue weighted by molar-refractivity contribution is 5.93. The van der Waals surface area contributed by atoms with Crippen LogP contribution in [0, 0.1) is 0 Å². The van der Waals surface area contributed by atoms with Crippen LogP contribution in [0.15, 0.2) is 0 Å². The summed E-state index contributed by atoms with van der Waals surface area (Å²) in [6.45, 7) is 1.24. The van der Waals surface area contributed by atoms with Crippen molar-refractivity contribution in [3.63, 3.8) is 0 Å². The molecule has 0 aromatic rings. The Morgan fingerprint density at radius 2 is 1.13 bits per heavy atom. The molecule has 0 heterocycles. The third-order valence-electron chi connectivity index (χ3n) is 0.953. The smallest absolute Gasteiger partial charge is 0.310 e. The van der Waals surface area contributed by atoms with Crippen molar-refractivity contribution in [3.8, 4) is 0 Å². The minimum atomic E-state index is -1.08. The molecule has 7 heteroatoms. The zero-order chi connectivity index (χ0) is 12.4. The van der Waals surface area contributed by atoms with E-state index >= 15 is 0 Å². The van der Waals surface area contributed by atoms with Gasteiger partial charge in [-0.2, -0.15) is 0 Å². The fourth-order valence-corrected chi connectivity index (χ4v) is 0.427. The number of carbonyl (C=O) groups excluding carboxylic acids is 1. The monoisotopic (exact) mass is 220 g/mol. The molecule has 0 rings (SSSR count). The Labute approximate surface area is 85.3 Å². The highest BCUT2D eigenvalue weighted by atomic mass is 16.4. The van der Waals surface area contributed by atoms with Gasteiger partial charge in [0.25, 0.3) is 0 Å². The van der Waals surface area contributed by atoms with Gasteiger partial charge in [0.1, 0.15) is 12.2 Å². The van der Waals surface area contributed by atoms with Crippen LogP contribution in [0.3, 0.4) is 0 Å². The van der Waals surface area contributed by atoms with Gasteiger partial charge in [-0.25, -0.2) is 0 Å². The molecule has 0 aliphatic carbocycles. The molecule has 0 aliphatic heterocycles. The lowest BCUT2D eigenvalue weighted by atomic mass is 10.3. The summed E-state index contributed by atoms with van der Waals surface area (Å²) in [5, 5.41) is 23.7. The highest BCUT2D eigenvalue weighted by Gasteiger charge is 2.00. The van der Waals surface area contributed by atoms with Crippen molar-refractivity contribution in [2.75, 3.05) is 0 Å². The molecule has 0 aromatic carbocycles. The van der Waals surface area contributed by atoms with Gasteiger partial charge in [0.05, 0.1) is 12.8 Å². The molecular weight excluding hydrogens is 208 g/mol. The SMILES string of the molecule is CC(=O)CC(=O)O.O=C(O)CCC(=O)O. The van der Waals surface area contributed by atoms with Gasteiger partial charge in [-0.05, 0) is 6.92 Å². The van der Waals surface area contributed by atoms with Gasteiger partial charge in [0.2, 0.25) is 0 Å². The van der Waals surface area contributed by atoms with Crippen molar-refractivity contribution in [1.82, 2.24) is 0 Å². The summed E-state index contributed by atoms with van der Waals surface area (Å²) in [5.74, 6) is -3.53. The fraction of sp³-hybridized carbons (Fsp3) is 0.500. The van der Waals surface area contributed by atoms with E-state index in [0.29, 0.717) is 0 Å². The van der Waals surface area contributed by atoms with Crippen LogP contribution in [0.4, 0.5) is 0 Å². The van der Waals surface area contributed by atoms with Crippen molar-refractivity contribution < 1.29 is 34.5 Å². The van der Waals surface area contributed by atoms with Crippen LogP contribution in [0.2, 0.25) is 0 Å². The molecule has 0 amide bonds. The van der Waals surface area contributed by atoms with Crippen LogP contribution < -0.4 is 0 Å². The van der Waals surface area contributed by atoms with Gasteiger partial charge in [0, 0.05) is 0 Å². The maximum Gasteiger partial charge on any atom is 0.310 e. The Hall–Kier alpha value is -1.92. The van der Waals surface area contributed by atoms with Crippen molar-refractivity contribution in [3.05, 3.63) is 0 Å². The predicted molar refractivity (Wildman–Crippen MR) is 47.4 cm³/mol. The molecule has 15 heavy (non-hydrogen) atoms. The Morgan fingerprint density at radius 1 is 0.800 bits per heavy atom. The molecule has 0 radical (unpaired) electrons. The molecule has 0 saturated heterocycles. The summed E-state index contributed by atoms with van der Waals surface area (Å²) in [5.41, 5.74) is 0. The molecule has 7 nitrogen and oxygen atoms in total. The van der Waals surface area contributed by atoms with Crippen molar-refractivity contribution >= 4 is 23.7 Å². The van der Waals surface area contributed by atoms with Gasteiger partial charge < -0.3 is 15.3 Å². The highest BCUT2D eigenvalue weighted by Crippen LogP contribution is 1.86. The normalized spacial score (nSPS) is 8.33. The van der Waals surface area contributed by atoms with E-state index < -0.39 is 17.9 Å². The molecule has 0 fully saturated rings. The Morgan fingerprint density at radius 3 is 1.20 bits per heavy atom. The largest absolute Gasteiger partial charge is 0.481 e. The zero-order valence-corrected chi connectivity index (χ0v) is 8.10. The first kappa shape index (κ1) is 15.5. The summed E-state index contributed by atoms with van der Waals surface area (Å²) in [4.78, 5) is 38.7. The number of carbonyl (C=O) groups is 4. The van der Waals surface area contributed by atoms with Crippen molar-refractivity contribution in [2.45, 2.75) is 26.2 Å². The summed E-state index contributed by atoms with van der Waals surface area (Å²) >= 11 is 0. The molecule has 0 saturated carbocycles. The fourth-order valence-electron chi connectivity index (χ4n) is 0.427. The van der Waals surface area contributed by atoms with Gasteiger partial charge in [0.15, 0.2) is 0 Å². The molecule has 0 spiro atoms. The molecule has 86 valence electrons. The number of carboxylic acid groups (broad SMARTS) is 3. The molecular formula is C8H12O7. The van der Waals surface area contributed by atoms with E-state index in [1.54, 1.807) is 0 Å². The number of rotatable bonds is 5. The standard InChI is InChI=1S/C4H6O4.C4H6O3/c5-3(6)1-2-4(7)8;1-3(5)2-4(6)7/h1-2H2,(H,5,6)(H,7,8);2H2,1H3,(H,6,7). The van der Waals surface area contributed by atoms with Gasteiger partial charge in [-0.15, -0.1) is 0 Å². The van der Waals surface area contributed by atoms with Crippen LogP contribution in [-0.4, -0.2) is 39.0 Å². The predicted octanol–water partition coefficient (Wildman–Crippen LogP) is -0.0141. The summed E-state index contributed by atoms with van der Waals surface area (Å²) in [6, 6.07) is 0. The second-order valence-corrected chi connectivity index (χ2v) is 2.56. The molecule has 0 atom stereocenters. The summed E-state index contributed by atoms with van der Waals surface area (Å²) in [7, 11) is 0. The quantitative estimate of drug-likeness (QED) is 0.555. The number of hydrogen-bond acceptors (Lipinski definition) is 4. The lowest BCUT2D eigenvalue weighted by molar-refractivity contribution is -0.143.